The van der Waals surface area contributed by atoms with Gasteiger partial charge in [0.2, 0.25) is 0 Å². The number of nitrogens with zero attached hydrogens (tertiary/aromatic N) is 3. The molecule has 136 valence electrons. The summed E-state index contributed by atoms with van der Waals surface area (Å²) in [6.07, 6.45) is 4.43. The van der Waals surface area contributed by atoms with E-state index in [1.54, 1.807) is 18.2 Å². The first-order valence-electron chi connectivity index (χ1n) is 8.34. The maximum atomic E-state index is 12.4. The second kappa shape index (κ2) is 7.02. The van der Waals surface area contributed by atoms with Gasteiger partial charge in [0.15, 0.2) is 5.82 Å². The Morgan fingerprint density at radius 2 is 1.85 bits per heavy atom. The molecule has 0 saturated carbocycles. The molecule has 0 bridgehead atoms. The van der Waals surface area contributed by atoms with Gasteiger partial charge in [-0.15, -0.1) is 21.5 Å². The van der Waals surface area contributed by atoms with Gasteiger partial charge in [0.25, 0.3) is 10.0 Å². The van der Waals surface area contributed by atoms with Crippen molar-refractivity contribution in [3.8, 4) is 11.4 Å². The molecule has 0 amide bonds. The second-order valence-corrected chi connectivity index (χ2v) is 9.77. The van der Waals surface area contributed by atoms with Crippen LogP contribution in [0.2, 0.25) is 4.34 Å². The Balaban J connectivity index is 1.57. The quantitative estimate of drug-likeness (QED) is 0.702. The zero-order valence-electron chi connectivity index (χ0n) is 13.9. The normalized spacial score (nSPS) is 14.7. The molecule has 1 aliphatic heterocycles. The van der Waals surface area contributed by atoms with E-state index >= 15 is 0 Å². The van der Waals surface area contributed by atoms with Gasteiger partial charge < -0.3 is 4.57 Å². The number of hydrogen-bond acceptors (Lipinski definition) is 5. The van der Waals surface area contributed by atoms with E-state index in [0.29, 0.717) is 10.0 Å². The number of nitrogens with one attached hydrogen (secondary N) is 1. The summed E-state index contributed by atoms with van der Waals surface area (Å²) >= 11 is 6.85. The third kappa shape index (κ3) is 3.49. The predicted octanol–water partition coefficient (Wildman–Crippen LogP) is 4.19. The molecule has 0 spiro atoms. The summed E-state index contributed by atoms with van der Waals surface area (Å²) in [6, 6.07) is 10.3. The van der Waals surface area contributed by atoms with E-state index in [2.05, 4.69) is 19.5 Å². The third-order valence-corrected chi connectivity index (χ3v) is 7.42. The number of anilines is 1. The summed E-state index contributed by atoms with van der Waals surface area (Å²) in [6.45, 7) is 0.922. The molecule has 1 aromatic carbocycles. The van der Waals surface area contributed by atoms with Gasteiger partial charge in [-0.1, -0.05) is 18.0 Å². The monoisotopic (exact) mass is 408 g/mol. The van der Waals surface area contributed by atoms with Gasteiger partial charge in [-0.05, 0) is 49.2 Å². The molecule has 0 radical (unpaired) electrons. The summed E-state index contributed by atoms with van der Waals surface area (Å²) < 4.78 is 30.1. The molecule has 26 heavy (non-hydrogen) atoms. The number of halogens is 1. The number of fused-ring (bicyclic) bond motifs is 1. The van der Waals surface area contributed by atoms with Crippen molar-refractivity contribution in [2.45, 2.75) is 36.4 Å². The molecule has 6 nitrogen and oxygen atoms in total. The van der Waals surface area contributed by atoms with Gasteiger partial charge in [0.05, 0.1) is 4.34 Å². The summed E-state index contributed by atoms with van der Waals surface area (Å²) in [4.78, 5) is 0. The van der Waals surface area contributed by atoms with Crippen LogP contribution in [0.3, 0.4) is 0 Å². The Labute approximate surface area is 160 Å². The van der Waals surface area contributed by atoms with Crippen molar-refractivity contribution in [3.63, 3.8) is 0 Å². The summed E-state index contributed by atoms with van der Waals surface area (Å²) in [5.41, 5.74) is 1.42. The van der Waals surface area contributed by atoms with Gasteiger partial charge in [0, 0.05) is 24.2 Å². The zero-order chi connectivity index (χ0) is 18.1. The Hall–Kier alpha value is -1.90. The highest BCUT2D eigenvalue weighted by atomic mass is 35.5. The highest BCUT2D eigenvalue weighted by Crippen LogP contribution is 2.28. The fraction of sp³-hybridized carbons (Fsp3) is 0.294. The summed E-state index contributed by atoms with van der Waals surface area (Å²) in [5.74, 6) is 1.86. The number of sulfonamides is 1. The van der Waals surface area contributed by atoms with E-state index in [1.807, 2.05) is 12.1 Å². The maximum absolute atomic E-state index is 12.4. The SMILES string of the molecule is O=S(=O)(Nc1ccc(-c2nnc3n2CCCCC3)cc1)c1ccc(Cl)s1. The van der Waals surface area contributed by atoms with Crippen LogP contribution in [0.1, 0.15) is 25.1 Å². The van der Waals surface area contributed by atoms with Gasteiger partial charge in [-0.3, -0.25) is 4.72 Å². The minimum absolute atomic E-state index is 0.189. The number of hydrogen-bond donors (Lipinski definition) is 1. The smallest absolute Gasteiger partial charge is 0.271 e. The van der Waals surface area contributed by atoms with Crippen molar-refractivity contribution in [2.75, 3.05) is 4.72 Å². The van der Waals surface area contributed by atoms with Crippen molar-refractivity contribution in [1.29, 1.82) is 0 Å². The third-order valence-electron chi connectivity index (χ3n) is 4.32. The molecule has 1 aliphatic rings. The van der Waals surface area contributed by atoms with Crippen LogP contribution < -0.4 is 4.72 Å². The number of benzene rings is 1. The largest absolute Gasteiger partial charge is 0.311 e. The molecule has 0 fully saturated rings. The van der Waals surface area contributed by atoms with Crippen molar-refractivity contribution in [1.82, 2.24) is 14.8 Å². The number of rotatable bonds is 4. The molecule has 4 rings (SSSR count). The van der Waals surface area contributed by atoms with Gasteiger partial charge >= 0.3 is 0 Å². The minimum atomic E-state index is -3.63. The van der Waals surface area contributed by atoms with Gasteiger partial charge in [0.1, 0.15) is 10.0 Å². The molecule has 3 aromatic rings. The lowest BCUT2D eigenvalue weighted by Gasteiger charge is -2.09. The molecular weight excluding hydrogens is 392 g/mol. The van der Waals surface area contributed by atoms with E-state index in [-0.39, 0.29) is 4.21 Å². The highest BCUT2D eigenvalue weighted by Gasteiger charge is 2.18. The van der Waals surface area contributed by atoms with Gasteiger partial charge in [-0.2, -0.15) is 0 Å². The lowest BCUT2D eigenvalue weighted by molar-refractivity contribution is 0.603. The zero-order valence-corrected chi connectivity index (χ0v) is 16.2. The average Bonchev–Trinajstić information content (AvgIpc) is 3.16. The standard InChI is InChI=1S/C17H17ClN4O2S2/c18-14-9-10-16(25-14)26(23,24)21-13-7-5-12(6-8-13)17-20-19-15-4-2-1-3-11-22(15)17/h5-10,21H,1-4,11H2. The predicted molar refractivity (Wildman–Crippen MR) is 103 cm³/mol. The first-order valence-corrected chi connectivity index (χ1v) is 11.0. The molecule has 0 aliphatic carbocycles. The van der Waals surface area contributed by atoms with Crippen LogP contribution >= 0.6 is 22.9 Å². The van der Waals surface area contributed by atoms with Crippen molar-refractivity contribution in [3.05, 3.63) is 46.6 Å². The molecule has 0 atom stereocenters. The average molecular weight is 409 g/mol. The molecule has 3 heterocycles. The van der Waals surface area contributed by atoms with E-state index < -0.39 is 10.0 Å². The fourth-order valence-corrected chi connectivity index (χ4v) is 5.57. The van der Waals surface area contributed by atoms with Crippen LogP contribution in [0.15, 0.2) is 40.6 Å². The van der Waals surface area contributed by atoms with Crippen LogP contribution in [0.5, 0.6) is 0 Å². The van der Waals surface area contributed by atoms with Crippen LogP contribution in [0.25, 0.3) is 11.4 Å². The van der Waals surface area contributed by atoms with Crippen LogP contribution in [0, 0.1) is 0 Å². The molecule has 0 unspecified atom stereocenters. The summed E-state index contributed by atoms with van der Waals surface area (Å²) in [5, 5.41) is 8.63. The van der Waals surface area contributed by atoms with E-state index in [9.17, 15) is 8.42 Å². The van der Waals surface area contributed by atoms with Crippen LogP contribution in [0.4, 0.5) is 5.69 Å². The second-order valence-electron chi connectivity index (χ2n) is 6.14. The maximum Gasteiger partial charge on any atom is 0.271 e. The minimum Gasteiger partial charge on any atom is -0.311 e. The van der Waals surface area contributed by atoms with E-state index in [0.717, 1.165) is 54.4 Å². The van der Waals surface area contributed by atoms with Gasteiger partial charge in [-0.25, -0.2) is 8.42 Å². The van der Waals surface area contributed by atoms with Crippen LogP contribution in [-0.4, -0.2) is 23.2 Å². The fourth-order valence-electron chi connectivity index (χ4n) is 3.03. The highest BCUT2D eigenvalue weighted by molar-refractivity contribution is 7.94. The molecule has 1 N–H and O–H groups in total. The van der Waals surface area contributed by atoms with E-state index in [4.69, 9.17) is 11.6 Å². The lowest BCUT2D eigenvalue weighted by atomic mass is 10.2. The van der Waals surface area contributed by atoms with E-state index in [1.165, 1.54) is 12.5 Å². The Morgan fingerprint density at radius 1 is 1.04 bits per heavy atom. The van der Waals surface area contributed by atoms with Crippen LogP contribution in [-0.2, 0) is 23.0 Å². The number of aromatic nitrogens is 3. The van der Waals surface area contributed by atoms with Crippen molar-refractivity contribution in [2.24, 2.45) is 0 Å². The van der Waals surface area contributed by atoms with Crippen molar-refractivity contribution >= 4 is 38.6 Å². The first kappa shape index (κ1) is 17.5. The number of aryl methyl sites for hydroxylation is 1. The van der Waals surface area contributed by atoms with Crippen molar-refractivity contribution < 1.29 is 8.42 Å². The molecule has 0 saturated heterocycles. The topological polar surface area (TPSA) is 76.9 Å². The Morgan fingerprint density at radius 3 is 2.58 bits per heavy atom. The Kier molecular flexibility index (Phi) is 4.73. The summed E-state index contributed by atoms with van der Waals surface area (Å²) in [7, 11) is -3.63. The molecule has 2 aromatic heterocycles. The number of thiophene rings is 1. The Bertz CT molecular complexity index is 1030. The molecule has 9 heteroatoms. The first-order chi connectivity index (χ1) is 12.5. The molecular formula is C17H17ClN4O2S2. The lowest BCUT2D eigenvalue weighted by Crippen LogP contribution is -2.11.